The third-order valence-electron chi connectivity index (χ3n) is 4.29. The molecule has 1 aliphatic heterocycles. The molecule has 0 radical (unpaired) electrons. The van der Waals surface area contributed by atoms with Crippen LogP contribution in [-0.2, 0) is 0 Å². The van der Waals surface area contributed by atoms with Crippen molar-refractivity contribution in [1.29, 1.82) is 0 Å². The minimum absolute atomic E-state index is 0.0467. The van der Waals surface area contributed by atoms with Gasteiger partial charge in [-0.15, -0.1) is 0 Å². The molecule has 3 nitrogen and oxygen atoms in total. The Labute approximate surface area is 115 Å². The molecule has 2 rings (SSSR count). The molecule has 2 N–H and O–H groups in total. The van der Waals surface area contributed by atoms with Crippen LogP contribution in [0.1, 0.15) is 41.3 Å². The van der Waals surface area contributed by atoms with Gasteiger partial charge in [-0.2, -0.15) is 0 Å². The van der Waals surface area contributed by atoms with E-state index < -0.39 is 0 Å². The van der Waals surface area contributed by atoms with Gasteiger partial charge in [0.1, 0.15) is 0 Å². The average molecular weight is 260 g/mol. The Bertz CT molecular complexity index is 462. The summed E-state index contributed by atoms with van der Waals surface area (Å²) < 4.78 is 0. The molecule has 1 aliphatic rings. The number of hydrogen-bond donors (Lipinski definition) is 1. The Balaban J connectivity index is 2.08. The fourth-order valence-electron chi connectivity index (χ4n) is 2.61. The van der Waals surface area contributed by atoms with Crippen molar-refractivity contribution in [1.82, 2.24) is 4.90 Å². The number of carbonyl (C=O) groups excluding carboxylic acids is 1. The van der Waals surface area contributed by atoms with Crippen molar-refractivity contribution in [2.45, 2.75) is 45.7 Å². The lowest BCUT2D eigenvalue weighted by Crippen LogP contribution is -2.46. The van der Waals surface area contributed by atoms with Gasteiger partial charge < -0.3 is 5.73 Å². The summed E-state index contributed by atoms with van der Waals surface area (Å²) in [6.07, 6.45) is 1.98. The van der Waals surface area contributed by atoms with Gasteiger partial charge in [0.2, 0.25) is 0 Å². The maximum Gasteiger partial charge on any atom is 0.179 e. The summed E-state index contributed by atoms with van der Waals surface area (Å²) in [7, 11) is 0. The first-order valence-electron chi connectivity index (χ1n) is 7.10. The van der Waals surface area contributed by atoms with Gasteiger partial charge in [0, 0.05) is 24.7 Å². The van der Waals surface area contributed by atoms with E-state index >= 15 is 0 Å². The highest BCUT2D eigenvalue weighted by Gasteiger charge is 2.25. The van der Waals surface area contributed by atoms with Crippen molar-refractivity contribution in [3.8, 4) is 0 Å². The number of carbonyl (C=O) groups is 1. The molecule has 19 heavy (non-hydrogen) atoms. The topological polar surface area (TPSA) is 46.3 Å². The van der Waals surface area contributed by atoms with Gasteiger partial charge in [0.25, 0.3) is 0 Å². The second kappa shape index (κ2) is 5.85. The van der Waals surface area contributed by atoms with Gasteiger partial charge in [-0.25, -0.2) is 0 Å². The first-order chi connectivity index (χ1) is 8.99. The van der Waals surface area contributed by atoms with Crippen LogP contribution in [0.15, 0.2) is 18.2 Å². The lowest BCUT2D eigenvalue weighted by atomic mass is 9.97. The van der Waals surface area contributed by atoms with Crippen LogP contribution in [0.3, 0.4) is 0 Å². The van der Waals surface area contributed by atoms with Crippen molar-refractivity contribution in [3.05, 3.63) is 34.9 Å². The van der Waals surface area contributed by atoms with Crippen LogP contribution in [0.4, 0.5) is 0 Å². The van der Waals surface area contributed by atoms with Crippen LogP contribution in [0.2, 0.25) is 0 Å². The number of piperidine rings is 1. The van der Waals surface area contributed by atoms with Crippen LogP contribution in [-0.4, -0.2) is 35.9 Å². The number of hydrogen-bond acceptors (Lipinski definition) is 3. The number of nitrogens with two attached hydrogens (primary N) is 1. The SMILES string of the molecule is Cc1ccc(C(=O)C(C)N2CCC(N)CC2)cc1C. The molecule has 1 aromatic carbocycles. The molecule has 0 aliphatic carbocycles. The van der Waals surface area contributed by atoms with E-state index in [1.165, 1.54) is 11.1 Å². The molecule has 1 heterocycles. The number of likely N-dealkylation sites (tertiary alicyclic amines) is 1. The monoisotopic (exact) mass is 260 g/mol. The summed E-state index contributed by atoms with van der Waals surface area (Å²) in [6, 6.07) is 6.23. The normalized spacial score (nSPS) is 19.4. The van der Waals surface area contributed by atoms with Crippen molar-refractivity contribution >= 4 is 5.78 Å². The molecular formula is C16H24N2O. The minimum atomic E-state index is -0.0467. The van der Waals surface area contributed by atoms with E-state index in [2.05, 4.69) is 18.7 Å². The summed E-state index contributed by atoms with van der Waals surface area (Å²) in [4.78, 5) is 14.8. The maximum absolute atomic E-state index is 12.5. The Morgan fingerprint density at radius 1 is 1.26 bits per heavy atom. The number of rotatable bonds is 3. The lowest BCUT2D eigenvalue weighted by molar-refractivity contribution is 0.0798. The van der Waals surface area contributed by atoms with E-state index in [1.54, 1.807) is 0 Å². The molecule has 1 atom stereocenters. The van der Waals surface area contributed by atoms with Gasteiger partial charge in [0.15, 0.2) is 5.78 Å². The standard InChI is InChI=1S/C16H24N2O/c1-11-4-5-14(10-12(11)2)16(19)13(3)18-8-6-15(17)7-9-18/h4-5,10,13,15H,6-9,17H2,1-3H3. The van der Waals surface area contributed by atoms with E-state index in [-0.39, 0.29) is 11.8 Å². The van der Waals surface area contributed by atoms with Crippen molar-refractivity contribution in [2.75, 3.05) is 13.1 Å². The fraction of sp³-hybridized carbons (Fsp3) is 0.562. The van der Waals surface area contributed by atoms with Crippen molar-refractivity contribution < 1.29 is 4.79 Å². The predicted octanol–water partition coefficient (Wildman–Crippen LogP) is 2.30. The van der Waals surface area contributed by atoms with Gasteiger partial charge in [-0.3, -0.25) is 9.69 Å². The molecule has 0 amide bonds. The second-order valence-electron chi connectivity index (χ2n) is 5.71. The van der Waals surface area contributed by atoms with E-state index in [9.17, 15) is 4.79 Å². The minimum Gasteiger partial charge on any atom is -0.328 e. The van der Waals surface area contributed by atoms with E-state index in [0.717, 1.165) is 31.5 Å². The van der Waals surface area contributed by atoms with Crippen LogP contribution in [0, 0.1) is 13.8 Å². The van der Waals surface area contributed by atoms with Gasteiger partial charge >= 0.3 is 0 Å². The molecule has 0 spiro atoms. The largest absolute Gasteiger partial charge is 0.328 e. The van der Waals surface area contributed by atoms with Gasteiger partial charge in [-0.1, -0.05) is 12.1 Å². The van der Waals surface area contributed by atoms with Crippen molar-refractivity contribution in [2.24, 2.45) is 5.73 Å². The smallest absolute Gasteiger partial charge is 0.179 e. The molecule has 3 heteroatoms. The maximum atomic E-state index is 12.5. The number of benzene rings is 1. The van der Waals surface area contributed by atoms with E-state index in [0.29, 0.717) is 6.04 Å². The number of aryl methyl sites for hydroxylation is 2. The Morgan fingerprint density at radius 3 is 2.47 bits per heavy atom. The molecule has 1 saturated heterocycles. The van der Waals surface area contributed by atoms with Crippen LogP contribution >= 0.6 is 0 Å². The second-order valence-corrected chi connectivity index (χ2v) is 5.71. The molecular weight excluding hydrogens is 236 g/mol. The van der Waals surface area contributed by atoms with Crippen molar-refractivity contribution in [3.63, 3.8) is 0 Å². The summed E-state index contributed by atoms with van der Waals surface area (Å²) in [5.41, 5.74) is 9.14. The first-order valence-corrected chi connectivity index (χ1v) is 7.10. The third kappa shape index (κ3) is 3.23. The highest BCUT2D eigenvalue weighted by molar-refractivity contribution is 6.00. The predicted molar refractivity (Wildman–Crippen MR) is 78.5 cm³/mol. The van der Waals surface area contributed by atoms with E-state index in [4.69, 9.17) is 5.73 Å². The summed E-state index contributed by atoms with van der Waals surface area (Å²) in [5.74, 6) is 0.221. The first kappa shape index (κ1) is 14.2. The quantitative estimate of drug-likeness (QED) is 0.848. The molecule has 1 aromatic rings. The number of Topliss-reactive ketones (excluding diaryl/α,β-unsaturated/α-hetero) is 1. The van der Waals surface area contributed by atoms with Crippen LogP contribution < -0.4 is 5.73 Å². The summed E-state index contributed by atoms with van der Waals surface area (Å²) in [6.45, 7) is 7.99. The lowest BCUT2D eigenvalue weighted by Gasteiger charge is -2.34. The Hall–Kier alpha value is -1.19. The molecule has 104 valence electrons. The molecule has 0 aromatic heterocycles. The van der Waals surface area contributed by atoms with Crippen LogP contribution in [0.25, 0.3) is 0 Å². The molecule has 1 unspecified atom stereocenters. The zero-order valence-corrected chi connectivity index (χ0v) is 12.1. The Kier molecular flexibility index (Phi) is 4.38. The summed E-state index contributed by atoms with van der Waals surface area (Å²) in [5, 5.41) is 0. The third-order valence-corrected chi connectivity index (χ3v) is 4.29. The van der Waals surface area contributed by atoms with Gasteiger partial charge in [0.05, 0.1) is 6.04 Å². The van der Waals surface area contributed by atoms with Gasteiger partial charge in [-0.05, 0) is 50.8 Å². The molecule has 0 bridgehead atoms. The number of ketones is 1. The molecule has 1 fully saturated rings. The zero-order chi connectivity index (χ0) is 14.0. The zero-order valence-electron chi connectivity index (χ0n) is 12.1. The fourth-order valence-corrected chi connectivity index (χ4v) is 2.61. The average Bonchev–Trinajstić information content (AvgIpc) is 2.41. The van der Waals surface area contributed by atoms with E-state index in [1.807, 2.05) is 25.1 Å². The highest BCUT2D eigenvalue weighted by atomic mass is 16.1. The Morgan fingerprint density at radius 2 is 1.89 bits per heavy atom. The van der Waals surface area contributed by atoms with Crippen LogP contribution in [0.5, 0.6) is 0 Å². The summed E-state index contributed by atoms with van der Waals surface area (Å²) >= 11 is 0. The molecule has 0 saturated carbocycles. The number of nitrogens with zero attached hydrogens (tertiary/aromatic N) is 1. The highest BCUT2D eigenvalue weighted by Crippen LogP contribution is 2.17.